The van der Waals surface area contributed by atoms with Crippen LogP contribution in [0.5, 0.6) is 0 Å². The fourth-order valence-electron chi connectivity index (χ4n) is 5.36. The predicted molar refractivity (Wildman–Crippen MR) is 117 cm³/mol. The van der Waals surface area contributed by atoms with E-state index >= 15 is 0 Å². The lowest BCUT2D eigenvalue weighted by Crippen LogP contribution is -2.56. The number of nitrogens with zero attached hydrogens (tertiary/aromatic N) is 1. The molecule has 30 heavy (non-hydrogen) atoms. The van der Waals surface area contributed by atoms with Crippen LogP contribution >= 0.6 is 11.6 Å². The maximum Gasteiger partial charge on any atom is 0.251 e. The van der Waals surface area contributed by atoms with Crippen LogP contribution < -0.4 is 5.32 Å². The average molecular weight is 423 g/mol. The van der Waals surface area contributed by atoms with Crippen LogP contribution in [0.25, 0.3) is 10.9 Å². The van der Waals surface area contributed by atoms with Crippen molar-refractivity contribution in [3.8, 4) is 0 Å². The number of hydrogen-bond donors (Lipinski definition) is 1. The van der Waals surface area contributed by atoms with Crippen LogP contribution in [0.4, 0.5) is 4.39 Å². The predicted octanol–water partition coefficient (Wildman–Crippen LogP) is 6.26. The van der Waals surface area contributed by atoms with Crippen molar-refractivity contribution in [2.45, 2.75) is 50.5 Å². The van der Waals surface area contributed by atoms with Gasteiger partial charge in [-0.3, -0.25) is 9.78 Å². The summed E-state index contributed by atoms with van der Waals surface area (Å²) in [5, 5.41) is 4.83. The Bertz CT molecular complexity index is 1090. The Morgan fingerprint density at radius 2 is 1.77 bits per heavy atom. The average Bonchev–Trinajstić information content (AvgIpc) is 2.77. The van der Waals surface area contributed by atoms with Crippen molar-refractivity contribution in [3.05, 3.63) is 76.7 Å². The van der Waals surface area contributed by atoms with Gasteiger partial charge in [0.15, 0.2) is 0 Å². The Labute approximate surface area is 180 Å². The molecule has 5 rings (SSSR count). The highest BCUT2D eigenvalue weighted by molar-refractivity contribution is 6.30. The smallest absolute Gasteiger partial charge is 0.251 e. The van der Waals surface area contributed by atoms with Crippen molar-refractivity contribution >= 4 is 28.4 Å². The number of nitrogens with one attached hydrogen (secondary N) is 1. The molecule has 3 nitrogen and oxygen atoms in total. The van der Waals surface area contributed by atoms with Gasteiger partial charge in [-0.25, -0.2) is 4.39 Å². The fourth-order valence-corrected chi connectivity index (χ4v) is 5.49. The van der Waals surface area contributed by atoms with Crippen molar-refractivity contribution in [2.75, 3.05) is 0 Å². The summed E-state index contributed by atoms with van der Waals surface area (Å²) in [7, 11) is 0. The summed E-state index contributed by atoms with van der Waals surface area (Å²) < 4.78 is 13.8. The molecule has 2 fully saturated rings. The number of amides is 1. The molecule has 0 bridgehead atoms. The fraction of sp³-hybridized carbons (Fsp3) is 0.360. The molecule has 0 unspecified atom stereocenters. The SMILES string of the molecule is O=C(N[C@H]1CC[C@]12CC[C@H](c1ccnc3ccc(F)cc31)CC2)c1ccc(Cl)cc1. The first-order valence-corrected chi connectivity index (χ1v) is 11.0. The van der Waals surface area contributed by atoms with E-state index in [0.717, 1.165) is 49.4 Å². The summed E-state index contributed by atoms with van der Waals surface area (Å²) >= 11 is 5.93. The Morgan fingerprint density at radius 1 is 1.03 bits per heavy atom. The van der Waals surface area contributed by atoms with Crippen molar-refractivity contribution in [1.82, 2.24) is 10.3 Å². The zero-order chi connectivity index (χ0) is 20.7. The molecule has 1 amide bonds. The molecule has 1 aromatic heterocycles. The van der Waals surface area contributed by atoms with Gasteiger partial charge < -0.3 is 5.32 Å². The van der Waals surface area contributed by atoms with Crippen LogP contribution in [0.1, 0.15) is 60.4 Å². The van der Waals surface area contributed by atoms with Crippen molar-refractivity contribution < 1.29 is 9.18 Å². The number of hydrogen-bond acceptors (Lipinski definition) is 2. The molecule has 3 aromatic rings. The van der Waals surface area contributed by atoms with Crippen LogP contribution in [0.15, 0.2) is 54.7 Å². The summed E-state index contributed by atoms with van der Waals surface area (Å²) in [6, 6.07) is 14.2. The third-order valence-corrected chi connectivity index (χ3v) is 7.49. The maximum absolute atomic E-state index is 13.8. The van der Waals surface area contributed by atoms with E-state index in [9.17, 15) is 9.18 Å². The molecule has 1 atom stereocenters. The molecule has 0 saturated heterocycles. The standard InChI is InChI=1S/C25H24ClFN2O/c26-18-3-1-17(2-4-18)24(30)29-23-9-13-25(23)11-7-16(8-12-25)20-10-14-28-22-6-5-19(27)15-21(20)22/h1-6,10,14-16,23H,7-9,11-13H2,(H,29,30)/t16-,23-,25+/m0/s1. The molecule has 2 aliphatic carbocycles. The molecule has 2 aliphatic rings. The van der Waals surface area contributed by atoms with Crippen molar-refractivity contribution in [2.24, 2.45) is 5.41 Å². The van der Waals surface area contributed by atoms with E-state index in [0.29, 0.717) is 16.5 Å². The van der Waals surface area contributed by atoms with E-state index in [-0.39, 0.29) is 23.2 Å². The number of benzene rings is 2. The second-order valence-corrected chi connectivity index (χ2v) is 9.21. The van der Waals surface area contributed by atoms with E-state index in [4.69, 9.17) is 11.6 Å². The zero-order valence-corrected chi connectivity index (χ0v) is 17.5. The topological polar surface area (TPSA) is 42.0 Å². The number of carbonyl (C=O) groups is 1. The third kappa shape index (κ3) is 3.47. The van der Waals surface area contributed by atoms with Crippen LogP contribution in [-0.2, 0) is 0 Å². The van der Waals surface area contributed by atoms with Gasteiger partial charge in [-0.1, -0.05) is 11.6 Å². The number of rotatable bonds is 3. The first-order chi connectivity index (χ1) is 14.5. The number of aromatic nitrogens is 1. The van der Waals surface area contributed by atoms with Crippen molar-refractivity contribution in [3.63, 3.8) is 0 Å². The van der Waals surface area contributed by atoms with Crippen LogP contribution in [0, 0.1) is 11.2 Å². The summed E-state index contributed by atoms with van der Waals surface area (Å²) in [5.41, 5.74) is 2.91. The summed E-state index contributed by atoms with van der Waals surface area (Å²) in [6.45, 7) is 0. The molecule has 154 valence electrons. The largest absolute Gasteiger partial charge is 0.349 e. The van der Waals surface area contributed by atoms with E-state index in [1.807, 2.05) is 12.3 Å². The second kappa shape index (κ2) is 7.66. The lowest BCUT2D eigenvalue weighted by Gasteiger charge is -2.53. The van der Waals surface area contributed by atoms with E-state index < -0.39 is 0 Å². The molecule has 1 N–H and O–H groups in total. The van der Waals surface area contributed by atoms with Gasteiger partial charge in [0.2, 0.25) is 0 Å². The highest BCUT2D eigenvalue weighted by Gasteiger charge is 2.49. The quantitative estimate of drug-likeness (QED) is 0.541. The van der Waals surface area contributed by atoms with Gasteiger partial charge in [0.05, 0.1) is 5.52 Å². The lowest BCUT2D eigenvalue weighted by atomic mass is 9.55. The Balaban J connectivity index is 1.28. The van der Waals surface area contributed by atoms with Gasteiger partial charge >= 0.3 is 0 Å². The van der Waals surface area contributed by atoms with Crippen LogP contribution in [-0.4, -0.2) is 16.9 Å². The third-order valence-electron chi connectivity index (χ3n) is 7.24. The first-order valence-electron chi connectivity index (χ1n) is 10.6. The van der Waals surface area contributed by atoms with Crippen LogP contribution in [0.3, 0.4) is 0 Å². The summed E-state index contributed by atoms with van der Waals surface area (Å²) in [5.74, 6) is 0.178. The molecule has 0 radical (unpaired) electrons. The van der Waals surface area contributed by atoms with Gasteiger partial charge in [0.1, 0.15) is 5.82 Å². The molecular formula is C25H24ClFN2O. The highest BCUT2D eigenvalue weighted by atomic mass is 35.5. The summed E-state index contributed by atoms with van der Waals surface area (Å²) in [4.78, 5) is 17.0. The Morgan fingerprint density at radius 3 is 2.47 bits per heavy atom. The van der Waals surface area contributed by atoms with Gasteiger partial charge in [0, 0.05) is 28.2 Å². The Kier molecular flexibility index (Phi) is 4.98. The molecular weight excluding hydrogens is 399 g/mol. The molecule has 1 spiro atoms. The molecule has 5 heteroatoms. The van der Waals surface area contributed by atoms with E-state index in [2.05, 4.69) is 10.3 Å². The first kappa shape index (κ1) is 19.5. The van der Waals surface area contributed by atoms with E-state index in [1.165, 1.54) is 11.6 Å². The minimum Gasteiger partial charge on any atom is -0.349 e. The van der Waals surface area contributed by atoms with Crippen molar-refractivity contribution in [1.29, 1.82) is 0 Å². The zero-order valence-electron chi connectivity index (χ0n) is 16.7. The van der Waals surface area contributed by atoms with Gasteiger partial charge in [-0.2, -0.15) is 0 Å². The number of halogens is 2. The second-order valence-electron chi connectivity index (χ2n) is 8.77. The Hall–Kier alpha value is -2.46. The van der Waals surface area contributed by atoms with Crippen LogP contribution in [0.2, 0.25) is 5.02 Å². The maximum atomic E-state index is 13.8. The minimum absolute atomic E-state index is 0.0199. The lowest BCUT2D eigenvalue weighted by molar-refractivity contribution is 0.0173. The number of pyridine rings is 1. The number of carbonyl (C=O) groups excluding carboxylic acids is 1. The van der Waals surface area contributed by atoms with E-state index in [1.54, 1.807) is 36.4 Å². The molecule has 0 aliphatic heterocycles. The van der Waals surface area contributed by atoms with Gasteiger partial charge in [-0.05, 0) is 104 Å². The molecule has 2 aromatic carbocycles. The highest BCUT2D eigenvalue weighted by Crippen LogP contribution is 2.55. The monoisotopic (exact) mass is 422 g/mol. The van der Waals surface area contributed by atoms with Gasteiger partial charge in [0.25, 0.3) is 5.91 Å². The molecule has 2 saturated carbocycles. The minimum atomic E-state index is -0.215. The normalized spacial score (nSPS) is 25.8. The van der Waals surface area contributed by atoms with Gasteiger partial charge in [-0.15, -0.1) is 0 Å². The molecule has 1 heterocycles. The number of fused-ring (bicyclic) bond motifs is 1. The summed E-state index contributed by atoms with van der Waals surface area (Å²) in [6.07, 6.45) is 8.32.